The number of hydrogen-bond acceptors (Lipinski definition) is 25. The molecule has 0 unspecified atom stereocenters. The molecule has 44 heteroatoms. The third-order valence-electron chi connectivity index (χ3n) is 19.4. The number of H-pyrrole nitrogens is 1. The summed E-state index contributed by atoms with van der Waals surface area (Å²) in [6.07, 6.45) is -2.52. The van der Waals surface area contributed by atoms with Crippen LogP contribution in [0.4, 0.5) is 0 Å². The number of primary amides is 1. The molecular weight excluding hydrogens is 1620 g/mol. The molecule has 17 atom stereocenters. The maximum absolute atomic E-state index is 14.7. The highest BCUT2D eigenvalue weighted by molar-refractivity contribution is 6.01. The van der Waals surface area contributed by atoms with Gasteiger partial charge in [-0.25, -0.2) is 9.78 Å². The van der Waals surface area contributed by atoms with Crippen LogP contribution in [0.1, 0.15) is 146 Å². The van der Waals surface area contributed by atoms with Crippen molar-refractivity contribution < 1.29 is 112 Å². The van der Waals surface area contributed by atoms with Gasteiger partial charge in [0.1, 0.15) is 96.1 Å². The van der Waals surface area contributed by atoms with E-state index in [0.29, 0.717) is 11.3 Å². The van der Waals surface area contributed by atoms with Crippen LogP contribution < -0.4 is 97.0 Å². The van der Waals surface area contributed by atoms with Gasteiger partial charge in [0.05, 0.1) is 49.9 Å². The minimum absolute atomic E-state index is 0.0102. The van der Waals surface area contributed by atoms with Gasteiger partial charge in [-0.2, -0.15) is 0 Å². The molecular formula is C80H127N21O23. The lowest BCUT2D eigenvalue weighted by Gasteiger charge is -2.31. The number of carbonyl (C=O) groups is 16. The van der Waals surface area contributed by atoms with Crippen molar-refractivity contribution in [2.24, 2.45) is 52.7 Å². The van der Waals surface area contributed by atoms with E-state index in [1.807, 2.05) is 0 Å². The van der Waals surface area contributed by atoms with Crippen LogP contribution in [-0.4, -0.2) is 269 Å². The highest BCUT2D eigenvalue weighted by atomic mass is 16.4. The lowest BCUT2D eigenvalue weighted by atomic mass is 9.98. The molecule has 124 heavy (non-hydrogen) atoms. The number of guanidine groups is 1. The first kappa shape index (κ1) is 106. The van der Waals surface area contributed by atoms with E-state index in [2.05, 4.69) is 89.7 Å². The first-order valence-corrected chi connectivity index (χ1v) is 40.7. The van der Waals surface area contributed by atoms with Crippen molar-refractivity contribution in [2.75, 3.05) is 19.8 Å². The van der Waals surface area contributed by atoms with E-state index < -0.39 is 253 Å². The standard InChI is InChI=1S/C80H127N21O23/c1-36(2)26-51(67(111)93-55(79(123)124)30-46-32-85-35-87-46)90-74(118)60(39(7)8)99-78(122)64(43(14)105)100-70(114)52(27-37(3)4)91-73(117)59(38(5)6)97-71(115)57(34-103)95-75(119)61(40(9)10)98-76(120)62(41(11)12)96-66(110)50(16-15-25-86-80(83)84)88-68(112)53(29-45-19-23-48(107)24-20-45)92-77(121)63(42(13)104)101-72(116)56(33-102)94-69(113)54(31-58(82)108)89-65(109)49(81)28-44-17-21-47(106)22-18-44/h17-24,32,35-43,49-57,59-64,102-107H,15-16,25-31,33-34,81H2,1-14H3,(H2,82,108)(H,85,87)(H,88,112)(H,89,109)(H,90,118)(H,91,117)(H,92,121)(H,93,111)(H,94,113)(H,95,119)(H,96,110)(H,97,115)(H,98,120)(H,99,122)(H,100,114)(H,101,116)(H,123,124)(H4,83,84,86)/t42-,43-,49+,50+,51+,52+,53+,54+,55+,56+,57+,59+,60+,61+,62+,63+,64+/m1/s1. The van der Waals surface area contributed by atoms with Crippen molar-refractivity contribution in [2.45, 2.75) is 251 Å². The number of nitrogens with one attached hydrogen (secondary N) is 17. The topological polar surface area (TPSA) is 726 Å². The molecule has 0 saturated heterocycles. The van der Waals surface area contributed by atoms with E-state index in [-0.39, 0.29) is 74.0 Å². The minimum atomic E-state index is -2.00. The predicted octanol–water partition coefficient (Wildman–Crippen LogP) is -6.35. The summed E-state index contributed by atoms with van der Waals surface area (Å²) in [7, 11) is 0. The van der Waals surface area contributed by atoms with Crippen LogP contribution in [0.5, 0.6) is 11.5 Å². The van der Waals surface area contributed by atoms with Gasteiger partial charge in [-0.1, -0.05) is 107 Å². The fourth-order valence-corrected chi connectivity index (χ4v) is 12.5. The van der Waals surface area contributed by atoms with Crippen LogP contribution >= 0.6 is 0 Å². The number of imidazole rings is 1. The second-order valence-corrected chi connectivity index (χ2v) is 32.6. The van der Waals surface area contributed by atoms with Gasteiger partial charge in [-0.15, -0.1) is 0 Å². The quantitative estimate of drug-likeness (QED) is 0.0142. The monoisotopic (exact) mass is 1750 g/mol. The Morgan fingerprint density at radius 2 is 0.710 bits per heavy atom. The number of aliphatic hydroxyl groups excluding tert-OH is 4. The molecule has 0 aliphatic rings. The van der Waals surface area contributed by atoms with Gasteiger partial charge in [-0.3, -0.25) is 77.3 Å². The van der Waals surface area contributed by atoms with E-state index in [1.54, 1.807) is 41.5 Å². The average molecular weight is 1750 g/mol. The largest absolute Gasteiger partial charge is 0.508 e. The van der Waals surface area contributed by atoms with Gasteiger partial charge in [-0.05, 0) is 117 Å². The van der Waals surface area contributed by atoms with Crippen molar-refractivity contribution in [3.05, 3.63) is 77.9 Å². The number of aromatic nitrogens is 2. The lowest BCUT2D eigenvalue weighted by Crippen LogP contribution is -2.63. The summed E-state index contributed by atoms with van der Waals surface area (Å²) in [4.78, 5) is 229. The van der Waals surface area contributed by atoms with E-state index in [1.165, 1.54) is 110 Å². The number of carboxylic acid groups (broad SMARTS) is 1. The summed E-state index contributed by atoms with van der Waals surface area (Å²) in [5.41, 5.74) is 18.1. The molecule has 2 aromatic carbocycles. The number of benzene rings is 2. The Hall–Kier alpha value is -12.2. The summed E-state index contributed by atoms with van der Waals surface area (Å²) in [6.45, 7) is 19.1. The van der Waals surface area contributed by atoms with Gasteiger partial charge in [0.2, 0.25) is 88.6 Å². The molecule has 44 nitrogen and oxygen atoms in total. The zero-order valence-electron chi connectivity index (χ0n) is 72.2. The molecule has 0 aliphatic carbocycles. The molecule has 15 amide bonds. The summed E-state index contributed by atoms with van der Waals surface area (Å²) < 4.78 is 0. The van der Waals surface area contributed by atoms with E-state index in [9.17, 15) is 112 Å². The number of amides is 15. The van der Waals surface area contributed by atoms with Gasteiger partial charge in [0.25, 0.3) is 0 Å². The van der Waals surface area contributed by atoms with Crippen LogP contribution in [0.25, 0.3) is 0 Å². The number of rotatable bonds is 53. The number of hydrogen-bond donors (Lipinski definition) is 27. The number of aliphatic carboxylic acids is 1. The minimum Gasteiger partial charge on any atom is -0.508 e. The van der Waals surface area contributed by atoms with Crippen LogP contribution in [0.15, 0.2) is 61.1 Å². The zero-order chi connectivity index (χ0) is 93.9. The lowest BCUT2D eigenvalue weighted by molar-refractivity contribution is -0.142. The Labute approximate surface area is 718 Å². The molecule has 3 rings (SSSR count). The number of phenols is 2. The number of aromatic hydroxyl groups is 2. The third-order valence-corrected chi connectivity index (χ3v) is 19.4. The average Bonchev–Trinajstić information content (AvgIpc) is 0.882. The molecule has 0 spiro atoms. The van der Waals surface area contributed by atoms with E-state index >= 15 is 0 Å². The highest BCUT2D eigenvalue weighted by Crippen LogP contribution is 2.18. The first-order valence-electron chi connectivity index (χ1n) is 40.7. The van der Waals surface area contributed by atoms with Gasteiger partial charge in [0, 0.05) is 25.6 Å². The number of carboxylic acids is 1. The Morgan fingerprint density at radius 3 is 1.09 bits per heavy atom. The fraction of sp³-hybridized carbons (Fsp3) is 0.600. The van der Waals surface area contributed by atoms with Crippen LogP contribution in [0, 0.1) is 40.9 Å². The molecule has 0 saturated carbocycles. The van der Waals surface area contributed by atoms with Crippen LogP contribution in [0.3, 0.4) is 0 Å². The molecule has 1 heterocycles. The molecule has 0 bridgehead atoms. The van der Waals surface area contributed by atoms with Crippen molar-refractivity contribution in [3.63, 3.8) is 0 Å². The maximum Gasteiger partial charge on any atom is 0.326 e. The summed E-state index contributed by atoms with van der Waals surface area (Å²) >= 11 is 0. The first-order chi connectivity index (χ1) is 58.0. The predicted molar refractivity (Wildman–Crippen MR) is 447 cm³/mol. The smallest absolute Gasteiger partial charge is 0.326 e. The molecule has 0 radical (unpaired) electrons. The van der Waals surface area contributed by atoms with Gasteiger partial charge < -0.3 is 138 Å². The SMILES string of the molecule is CC(C)C[C@H](NC(=O)[C@@H](NC(=O)[C@H](CO)NC(=O)[C@@H](NC(=O)[C@@H](NC(=O)[C@H](CCCNC(=N)N)NC(=O)[C@H](Cc1ccc(O)cc1)NC(=O)[C@@H](NC(=O)[C@H](CO)NC(=O)[C@H](CC(N)=O)NC(=O)[C@@H](N)Cc1ccc(O)cc1)[C@@H](C)O)C(C)C)C(C)C)C(C)C)C(=O)N[C@H](C(=O)N[C@H](C(=O)N[C@@H](CC(C)C)C(=O)N[C@@H](Cc1c[nH]cn1)C(=O)O)C(C)C)[C@@H](C)O. The maximum atomic E-state index is 14.7. The number of aromatic amines is 1. The van der Waals surface area contributed by atoms with Crippen molar-refractivity contribution in [1.29, 1.82) is 5.41 Å². The Morgan fingerprint density at radius 1 is 0.395 bits per heavy atom. The molecule has 30 N–H and O–H groups in total. The Balaban J connectivity index is 1.86. The van der Waals surface area contributed by atoms with Crippen molar-refractivity contribution >= 4 is 101 Å². The summed E-state index contributed by atoms with van der Waals surface area (Å²) in [5.74, 6) is -21.5. The fourth-order valence-electron chi connectivity index (χ4n) is 12.5. The molecule has 1 aromatic heterocycles. The van der Waals surface area contributed by atoms with Gasteiger partial charge in [0.15, 0.2) is 5.96 Å². The van der Waals surface area contributed by atoms with E-state index in [4.69, 9.17) is 22.6 Å². The third kappa shape index (κ3) is 36.1. The summed E-state index contributed by atoms with van der Waals surface area (Å²) in [6, 6.07) is -13.3. The highest BCUT2D eigenvalue weighted by Gasteiger charge is 2.41. The normalized spacial score (nSPS) is 15.5. The van der Waals surface area contributed by atoms with Crippen molar-refractivity contribution in [1.82, 2.24) is 89.7 Å². The Kier molecular flexibility index (Phi) is 44.2. The summed E-state index contributed by atoms with van der Waals surface area (Å²) in [5, 5.41) is 117. The second kappa shape index (κ2) is 51.7. The Bertz CT molecular complexity index is 4090. The van der Waals surface area contributed by atoms with Crippen LogP contribution in [0.2, 0.25) is 0 Å². The number of phenolic OH excluding ortho intramolecular Hbond substituents is 2. The molecule has 0 aliphatic heterocycles. The number of nitrogens with zero attached hydrogens (tertiary/aromatic N) is 1. The van der Waals surface area contributed by atoms with E-state index in [0.717, 1.165) is 6.92 Å². The number of nitrogens with two attached hydrogens (primary N) is 3. The van der Waals surface area contributed by atoms with Crippen LogP contribution in [-0.2, 0) is 96.0 Å². The second-order valence-electron chi connectivity index (χ2n) is 32.6. The van der Waals surface area contributed by atoms with Crippen molar-refractivity contribution in [3.8, 4) is 11.5 Å². The number of aliphatic hydroxyl groups is 4. The molecule has 690 valence electrons. The molecule has 3 aromatic rings. The zero-order valence-corrected chi connectivity index (χ0v) is 72.2. The van der Waals surface area contributed by atoms with Gasteiger partial charge >= 0.3 is 5.97 Å². The molecule has 0 fully saturated rings. The number of carbonyl (C=O) groups excluding carboxylic acids is 15.